The molecule has 92 valence electrons. The van der Waals surface area contributed by atoms with Crippen molar-refractivity contribution in [2.24, 2.45) is 11.1 Å². The molecule has 1 saturated carbocycles. The van der Waals surface area contributed by atoms with E-state index in [2.05, 4.69) is 18.7 Å². The minimum Gasteiger partial charge on any atom is -0.372 e. The van der Waals surface area contributed by atoms with Gasteiger partial charge in [0.15, 0.2) is 0 Å². The fourth-order valence-corrected chi connectivity index (χ4v) is 3.50. The van der Waals surface area contributed by atoms with Crippen LogP contribution in [0.2, 0.25) is 0 Å². The van der Waals surface area contributed by atoms with Crippen LogP contribution in [0.25, 0.3) is 0 Å². The van der Waals surface area contributed by atoms with Gasteiger partial charge in [-0.1, -0.05) is 6.92 Å². The molecule has 3 atom stereocenters. The summed E-state index contributed by atoms with van der Waals surface area (Å²) in [4.78, 5) is 2.63. The molecule has 0 spiro atoms. The van der Waals surface area contributed by atoms with Crippen molar-refractivity contribution >= 4 is 0 Å². The van der Waals surface area contributed by atoms with Gasteiger partial charge < -0.3 is 10.5 Å². The molecular weight excluding hydrogens is 200 g/mol. The molecule has 2 N–H and O–H groups in total. The first-order chi connectivity index (χ1) is 7.57. The fourth-order valence-electron chi connectivity index (χ4n) is 3.50. The highest BCUT2D eigenvalue weighted by atomic mass is 16.5. The maximum atomic E-state index is 6.09. The summed E-state index contributed by atoms with van der Waals surface area (Å²) in [6, 6.07) is 0. The number of ether oxygens (including phenoxy) is 1. The molecular formula is C13H24N2O. The van der Waals surface area contributed by atoms with Crippen molar-refractivity contribution in [2.45, 2.75) is 57.3 Å². The fraction of sp³-hybridized carbons (Fsp3) is 1.00. The van der Waals surface area contributed by atoms with E-state index in [-0.39, 0.29) is 5.54 Å². The highest BCUT2D eigenvalue weighted by Gasteiger charge is 2.56. The van der Waals surface area contributed by atoms with Gasteiger partial charge in [0.2, 0.25) is 0 Å². The molecule has 3 aliphatic rings. The zero-order valence-corrected chi connectivity index (χ0v) is 10.5. The molecule has 1 aliphatic carbocycles. The van der Waals surface area contributed by atoms with Gasteiger partial charge >= 0.3 is 0 Å². The zero-order valence-electron chi connectivity index (χ0n) is 10.5. The van der Waals surface area contributed by atoms with Gasteiger partial charge in [0.05, 0.1) is 12.2 Å². The number of nitrogens with two attached hydrogens (primary N) is 1. The molecule has 3 rings (SSSR count). The topological polar surface area (TPSA) is 38.5 Å². The molecule has 0 amide bonds. The third-order valence-corrected chi connectivity index (χ3v) is 5.44. The second-order valence-electron chi connectivity index (χ2n) is 6.40. The number of rotatable bonds is 3. The van der Waals surface area contributed by atoms with Crippen molar-refractivity contribution in [1.82, 2.24) is 4.90 Å². The van der Waals surface area contributed by atoms with Gasteiger partial charge in [0.25, 0.3) is 0 Å². The van der Waals surface area contributed by atoms with Crippen LogP contribution < -0.4 is 5.73 Å². The number of hydrogen-bond donors (Lipinski definition) is 1. The molecule has 3 nitrogen and oxygen atoms in total. The van der Waals surface area contributed by atoms with E-state index in [1.807, 2.05) is 0 Å². The van der Waals surface area contributed by atoms with E-state index in [9.17, 15) is 0 Å². The molecule has 3 heteroatoms. The van der Waals surface area contributed by atoms with Crippen LogP contribution in [0.1, 0.15) is 39.5 Å². The number of nitrogens with zero attached hydrogens (tertiary/aromatic N) is 1. The summed E-state index contributed by atoms with van der Waals surface area (Å²) in [7, 11) is 0. The summed E-state index contributed by atoms with van der Waals surface area (Å²) < 4.78 is 5.92. The van der Waals surface area contributed by atoms with Crippen LogP contribution in [-0.4, -0.2) is 42.3 Å². The van der Waals surface area contributed by atoms with E-state index in [0.717, 1.165) is 19.6 Å². The van der Waals surface area contributed by atoms with Gasteiger partial charge in [-0.05, 0) is 38.0 Å². The zero-order chi connectivity index (χ0) is 11.4. The summed E-state index contributed by atoms with van der Waals surface area (Å²) in [5.41, 5.74) is 6.74. The molecule has 2 saturated heterocycles. The van der Waals surface area contributed by atoms with Crippen molar-refractivity contribution < 1.29 is 4.74 Å². The predicted octanol–water partition coefficient (Wildman–Crippen LogP) is 1.37. The average molecular weight is 224 g/mol. The highest BCUT2D eigenvalue weighted by Crippen LogP contribution is 2.56. The van der Waals surface area contributed by atoms with E-state index >= 15 is 0 Å². The molecule has 0 radical (unpaired) electrons. The summed E-state index contributed by atoms with van der Waals surface area (Å²) in [5, 5.41) is 0. The molecule has 2 heterocycles. The second-order valence-corrected chi connectivity index (χ2v) is 6.40. The predicted molar refractivity (Wildman–Crippen MR) is 64.3 cm³/mol. The monoisotopic (exact) mass is 224 g/mol. The maximum absolute atomic E-state index is 6.09. The maximum Gasteiger partial charge on any atom is 0.0707 e. The first kappa shape index (κ1) is 11.0. The lowest BCUT2D eigenvalue weighted by atomic mass is 9.81. The standard InChI is InChI=1S/C13H24N2O/c1-12(5-6-12)13(2,9-14)15-7-10-3-4-11(8-15)16-10/h10-11H,3-9,14H2,1-2H3. The van der Waals surface area contributed by atoms with E-state index in [4.69, 9.17) is 10.5 Å². The Morgan fingerprint density at radius 2 is 1.88 bits per heavy atom. The Morgan fingerprint density at radius 1 is 1.31 bits per heavy atom. The lowest BCUT2D eigenvalue weighted by molar-refractivity contribution is -0.0889. The van der Waals surface area contributed by atoms with Gasteiger partial charge in [0, 0.05) is 25.2 Å². The molecule has 3 fully saturated rings. The van der Waals surface area contributed by atoms with Crippen molar-refractivity contribution in [3.63, 3.8) is 0 Å². The average Bonchev–Trinajstić information content (AvgIpc) is 2.96. The van der Waals surface area contributed by atoms with Crippen LogP contribution in [-0.2, 0) is 4.74 Å². The number of likely N-dealkylation sites (tertiary alicyclic amines) is 1. The molecule has 2 bridgehead atoms. The minimum absolute atomic E-state index is 0.192. The van der Waals surface area contributed by atoms with E-state index in [1.165, 1.54) is 25.7 Å². The molecule has 0 aromatic carbocycles. The lowest BCUT2D eigenvalue weighted by Gasteiger charge is -2.49. The van der Waals surface area contributed by atoms with Crippen LogP contribution in [0, 0.1) is 5.41 Å². The Balaban J connectivity index is 1.80. The molecule has 0 aromatic rings. The van der Waals surface area contributed by atoms with Crippen LogP contribution in [0.3, 0.4) is 0 Å². The lowest BCUT2D eigenvalue weighted by Crippen LogP contribution is -2.61. The smallest absolute Gasteiger partial charge is 0.0707 e. The summed E-state index contributed by atoms with van der Waals surface area (Å²) >= 11 is 0. The first-order valence-corrected chi connectivity index (χ1v) is 6.68. The van der Waals surface area contributed by atoms with Crippen molar-refractivity contribution in [1.29, 1.82) is 0 Å². The van der Waals surface area contributed by atoms with E-state index < -0.39 is 0 Å². The Bertz CT molecular complexity index is 278. The summed E-state index contributed by atoms with van der Waals surface area (Å²) in [6.07, 6.45) is 6.14. The Kier molecular flexibility index (Phi) is 2.36. The van der Waals surface area contributed by atoms with E-state index in [0.29, 0.717) is 17.6 Å². The number of hydrogen-bond acceptors (Lipinski definition) is 3. The van der Waals surface area contributed by atoms with Crippen LogP contribution >= 0.6 is 0 Å². The second kappa shape index (κ2) is 3.44. The molecule has 16 heavy (non-hydrogen) atoms. The summed E-state index contributed by atoms with van der Waals surface area (Å²) in [6.45, 7) is 7.74. The molecule has 2 aliphatic heterocycles. The normalized spacial score (nSPS) is 40.7. The van der Waals surface area contributed by atoms with Gasteiger partial charge in [-0.25, -0.2) is 0 Å². The van der Waals surface area contributed by atoms with Gasteiger partial charge in [-0.3, -0.25) is 4.90 Å². The Labute approximate surface area is 98.3 Å². The minimum atomic E-state index is 0.192. The van der Waals surface area contributed by atoms with E-state index in [1.54, 1.807) is 0 Å². The van der Waals surface area contributed by atoms with Gasteiger partial charge in [0.1, 0.15) is 0 Å². The first-order valence-electron chi connectivity index (χ1n) is 6.68. The summed E-state index contributed by atoms with van der Waals surface area (Å²) in [5.74, 6) is 0. The van der Waals surface area contributed by atoms with Gasteiger partial charge in [-0.2, -0.15) is 0 Å². The number of fused-ring (bicyclic) bond motifs is 2. The van der Waals surface area contributed by atoms with Crippen LogP contribution in [0.15, 0.2) is 0 Å². The van der Waals surface area contributed by atoms with Gasteiger partial charge in [-0.15, -0.1) is 0 Å². The van der Waals surface area contributed by atoms with Crippen molar-refractivity contribution in [3.05, 3.63) is 0 Å². The third kappa shape index (κ3) is 1.45. The van der Waals surface area contributed by atoms with Crippen LogP contribution in [0.4, 0.5) is 0 Å². The molecule has 3 unspecified atom stereocenters. The highest BCUT2D eigenvalue weighted by molar-refractivity contribution is 5.11. The van der Waals surface area contributed by atoms with Crippen LogP contribution in [0.5, 0.6) is 0 Å². The SMILES string of the molecule is CC1(C(C)(CN)N2CC3CCC(C2)O3)CC1. The van der Waals surface area contributed by atoms with Crippen molar-refractivity contribution in [3.8, 4) is 0 Å². The quantitative estimate of drug-likeness (QED) is 0.787. The van der Waals surface area contributed by atoms with Crippen molar-refractivity contribution in [2.75, 3.05) is 19.6 Å². The largest absolute Gasteiger partial charge is 0.372 e. The molecule has 0 aromatic heterocycles. The third-order valence-electron chi connectivity index (χ3n) is 5.44. The number of morpholine rings is 1. The Morgan fingerprint density at radius 3 is 2.31 bits per heavy atom. The Hall–Kier alpha value is -0.120.